The van der Waals surface area contributed by atoms with Gasteiger partial charge in [-0.2, -0.15) is 11.3 Å². The highest BCUT2D eigenvalue weighted by atomic mass is 32.1. The molecule has 0 aliphatic carbocycles. The number of esters is 1. The fraction of sp³-hybridized carbons (Fsp3) is 0.500. The predicted molar refractivity (Wildman–Crippen MR) is 63.7 cm³/mol. The Morgan fingerprint density at radius 3 is 2.75 bits per heavy atom. The van der Waals surface area contributed by atoms with Gasteiger partial charge in [-0.3, -0.25) is 9.59 Å². The summed E-state index contributed by atoms with van der Waals surface area (Å²) in [6.07, 6.45) is 2.39. The molecular formula is C12H16O3S. The molecule has 0 fully saturated rings. The highest BCUT2D eigenvalue weighted by Crippen LogP contribution is 2.18. The number of methoxy groups -OCH3 is 1. The summed E-state index contributed by atoms with van der Waals surface area (Å²) in [5.41, 5.74) is 0.608. The minimum Gasteiger partial charge on any atom is -0.468 e. The largest absolute Gasteiger partial charge is 0.468 e. The fourth-order valence-corrected chi connectivity index (χ4v) is 2.16. The highest BCUT2D eigenvalue weighted by Gasteiger charge is 2.27. The van der Waals surface area contributed by atoms with Crippen molar-refractivity contribution in [1.29, 1.82) is 0 Å². The van der Waals surface area contributed by atoms with Crippen molar-refractivity contribution in [2.75, 3.05) is 7.11 Å². The molecule has 0 radical (unpaired) electrons. The molecule has 3 nitrogen and oxygen atoms in total. The third-order valence-electron chi connectivity index (χ3n) is 2.45. The van der Waals surface area contributed by atoms with Crippen molar-refractivity contribution in [2.24, 2.45) is 5.92 Å². The summed E-state index contributed by atoms with van der Waals surface area (Å²) in [6, 6.07) is 1.74. The maximum Gasteiger partial charge on any atom is 0.316 e. The Morgan fingerprint density at radius 2 is 2.25 bits per heavy atom. The fourth-order valence-electron chi connectivity index (χ4n) is 1.51. The Kier molecular flexibility index (Phi) is 5.19. The standard InChI is InChI=1S/C12H16O3S/c1-3-4-5-10(12(14)15-2)11(13)9-6-7-16-8-9/h6-8,10H,3-5H2,1-2H3. The number of hydrogen-bond acceptors (Lipinski definition) is 4. The molecule has 1 aromatic heterocycles. The van der Waals surface area contributed by atoms with Crippen LogP contribution in [0.2, 0.25) is 0 Å². The maximum absolute atomic E-state index is 12.0. The first-order valence-corrected chi connectivity index (χ1v) is 6.29. The normalized spacial score (nSPS) is 12.1. The van der Waals surface area contributed by atoms with Crippen molar-refractivity contribution < 1.29 is 14.3 Å². The molecule has 16 heavy (non-hydrogen) atoms. The molecule has 0 aliphatic rings. The lowest BCUT2D eigenvalue weighted by Crippen LogP contribution is -2.25. The first-order chi connectivity index (χ1) is 7.70. The van der Waals surface area contributed by atoms with Crippen LogP contribution >= 0.6 is 11.3 Å². The Hall–Kier alpha value is -1.16. The molecule has 0 aromatic carbocycles. The van der Waals surface area contributed by atoms with Crippen LogP contribution in [0.4, 0.5) is 0 Å². The summed E-state index contributed by atoms with van der Waals surface area (Å²) in [4.78, 5) is 23.5. The molecule has 1 heterocycles. The number of ketones is 1. The molecule has 0 N–H and O–H groups in total. The molecule has 0 saturated heterocycles. The molecule has 0 bridgehead atoms. The van der Waals surface area contributed by atoms with Crippen molar-refractivity contribution in [3.63, 3.8) is 0 Å². The number of thiophene rings is 1. The van der Waals surface area contributed by atoms with E-state index in [2.05, 4.69) is 4.74 Å². The van der Waals surface area contributed by atoms with E-state index in [1.807, 2.05) is 12.3 Å². The SMILES string of the molecule is CCCCC(C(=O)OC)C(=O)c1ccsc1. The van der Waals surface area contributed by atoms with Gasteiger partial charge in [0.1, 0.15) is 5.92 Å². The van der Waals surface area contributed by atoms with E-state index in [0.717, 1.165) is 12.8 Å². The number of carbonyl (C=O) groups is 2. The molecule has 1 rings (SSSR count). The third-order valence-corrected chi connectivity index (χ3v) is 3.14. The van der Waals surface area contributed by atoms with E-state index in [1.54, 1.807) is 11.4 Å². The quantitative estimate of drug-likeness (QED) is 0.436. The van der Waals surface area contributed by atoms with E-state index in [-0.39, 0.29) is 5.78 Å². The number of hydrogen-bond donors (Lipinski definition) is 0. The molecule has 0 amide bonds. The molecule has 4 heteroatoms. The average Bonchev–Trinajstić information content (AvgIpc) is 2.82. The van der Waals surface area contributed by atoms with E-state index in [9.17, 15) is 9.59 Å². The van der Waals surface area contributed by atoms with Crippen LogP contribution in [-0.4, -0.2) is 18.9 Å². The lowest BCUT2D eigenvalue weighted by atomic mass is 9.94. The van der Waals surface area contributed by atoms with Gasteiger partial charge in [-0.1, -0.05) is 19.8 Å². The van der Waals surface area contributed by atoms with Gasteiger partial charge in [-0.05, 0) is 17.9 Å². The lowest BCUT2D eigenvalue weighted by molar-refractivity contribution is -0.143. The highest BCUT2D eigenvalue weighted by molar-refractivity contribution is 7.08. The van der Waals surface area contributed by atoms with Crippen molar-refractivity contribution in [3.8, 4) is 0 Å². The summed E-state index contributed by atoms with van der Waals surface area (Å²) in [6.45, 7) is 2.03. The zero-order chi connectivity index (χ0) is 12.0. The molecule has 1 aromatic rings. The Balaban J connectivity index is 2.76. The minimum atomic E-state index is -0.639. The van der Waals surface area contributed by atoms with Crippen LogP contribution in [0.3, 0.4) is 0 Å². The number of carbonyl (C=O) groups excluding carboxylic acids is 2. The Labute approximate surface area is 99.4 Å². The van der Waals surface area contributed by atoms with Gasteiger partial charge in [-0.25, -0.2) is 0 Å². The van der Waals surface area contributed by atoms with Gasteiger partial charge in [0.05, 0.1) is 7.11 Å². The van der Waals surface area contributed by atoms with Gasteiger partial charge in [-0.15, -0.1) is 0 Å². The number of rotatable bonds is 6. The average molecular weight is 240 g/mol. The van der Waals surface area contributed by atoms with Crippen LogP contribution in [0, 0.1) is 5.92 Å². The van der Waals surface area contributed by atoms with Crippen LogP contribution < -0.4 is 0 Å². The Bertz CT molecular complexity index is 343. The first kappa shape index (κ1) is 12.9. The van der Waals surface area contributed by atoms with Gasteiger partial charge in [0, 0.05) is 10.9 Å². The summed E-state index contributed by atoms with van der Waals surface area (Å²) < 4.78 is 4.67. The van der Waals surface area contributed by atoms with Gasteiger partial charge in [0.25, 0.3) is 0 Å². The van der Waals surface area contributed by atoms with Gasteiger partial charge < -0.3 is 4.74 Å². The van der Waals surface area contributed by atoms with Crippen molar-refractivity contribution in [2.45, 2.75) is 26.2 Å². The van der Waals surface area contributed by atoms with Crippen molar-refractivity contribution in [1.82, 2.24) is 0 Å². The Morgan fingerprint density at radius 1 is 1.50 bits per heavy atom. The molecule has 0 aliphatic heterocycles. The van der Waals surface area contributed by atoms with Crippen LogP contribution in [0.1, 0.15) is 36.5 Å². The monoisotopic (exact) mass is 240 g/mol. The minimum absolute atomic E-state index is 0.124. The van der Waals surface area contributed by atoms with Crippen LogP contribution in [-0.2, 0) is 9.53 Å². The van der Waals surface area contributed by atoms with E-state index in [0.29, 0.717) is 12.0 Å². The second kappa shape index (κ2) is 6.43. The molecule has 1 atom stereocenters. The topological polar surface area (TPSA) is 43.4 Å². The van der Waals surface area contributed by atoms with Crippen molar-refractivity contribution >= 4 is 23.1 Å². The molecule has 0 saturated carbocycles. The summed E-state index contributed by atoms with van der Waals surface area (Å²) in [7, 11) is 1.32. The predicted octanol–water partition coefficient (Wildman–Crippen LogP) is 2.91. The summed E-state index contributed by atoms with van der Waals surface area (Å²) in [5.74, 6) is -1.19. The van der Waals surface area contributed by atoms with Crippen LogP contribution in [0.25, 0.3) is 0 Å². The molecular weight excluding hydrogens is 224 g/mol. The van der Waals surface area contributed by atoms with Gasteiger partial charge in [0.2, 0.25) is 0 Å². The lowest BCUT2D eigenvalue weighted by Gasteiger charge is -2.11. The zero-order valence-electron chi connectivity index (χ0n) is 9.56. The number of unbranched alkanes of at least 4 members (excludes halogenated alkanes) is 1. The van der Waals surface area contributed by atoms with E-state index in [4.69, 9.17) is 0 Å². The van der Waals surface area contributed by atoms with E-state index >= 15 is 0 Å². The zero-order valence-corrected chi connectivity index (χ0v) is 10.4. The van der Waals surface area contributed by atoms with Crippen LogP contribution in [0.5, 0.6) is 0 Å². The van der Waals surface area contributed by atoms with Crippen LogP contribution in [0.15, 0.2) is 16.8 Å². The number of ether oxygens (including phenoxy) is 1. The molecule has 88 valence electrons. The molecule has 0 spiro atoms. The van der Waals surface area contributed by atoms with Crippen molar-refractivity contribution in [3.05, 3.63) is 22.4 Å². The van der Waals surface area contributed by atoms with Gasteiger partial charge in [0.15, 0.2) is 5.78 Å². The van der Waals surface area contributed by atoms with Gasteiger partial charge >= 0.3 is 5.97 Å². The molecule has 1 unspecified atom stereocenters. The third kappa shape index (κ3) is 3.17. The van der Waals surface area contributed by atoms with E-state index < -0.39 is 11.9 Å². The number of Topliss-reactive ketones (excluding diaryl/α,β-unsaturated/α-hetero) is 1. The smallest absolute Gasteiger partial charge is 0.316 e. The first-order valence-electron chi connectivity index (χ1n) is 5.35. The summed E-state index contributed by atoms with van der Waals surface area (Å²) in [5, 5.41) is 3.60. The summed E-state index contributed by atoms with van der Waals surface area (Å²) >= 11 is 1.46. The maximum atomic E-state index is 12.0. The second-order valence-corrected chi connectivity index (χ2v) is 4.37. The van der Waals surface area contributed by atoms with E-state index in [1.165, 1.54) is 18.4 Å². The second-order valence-electron chi connectivity index (χ2n) is 3.59.